The van der Waals surface area contributed by atoms with Crippen LogP contribution < -0.4 is 10.6 Å². The maximum Gasteiger partial charge on any atom is 0.437 e. The molecule has 0 saturated carbocycles. The number of benzene rings is 1. The summed E-state index contributed by atoms with van der Waals surface area (Å²) >= 11 is 0. The fourth-order valence-electron chi connectivity index (χ4n) is 3.51. The van der Waals surface area contributed by atoms with E-state index in [2.05, 4.69) is 20.3 Å². The minimum atomic E-state index is -5.39. The van der Waals surface area contributed by atoms with Gasteiger partial charge in [0.25, 0.3) is 11.5 Å². The Hall–Kier alpha value is -3.92. The van der Waals surface area contributed by atoms with Gasteiger partial charge >= 0.3 is 18.5 Å². The molecular formula is C22H16F10N4O3. The number of rotatable bonds is 6. The van der Waals surface area contributed by atoms with Gasteiger partial charge in [0.05, 0.1) is 24.2 Å². The maximum atomic E-state index is 14.1. The quantitative estimate of drug-likeness (QED) is 0.392. The molecule has 2 heterocycles. The highest BCUT2D eigenvalue weighted by Crippen LogP contribution is 2.49. The summed E-state index contributed by atoms with van der Waals surface area (Å²) < 4.78 is 132. The topological polar surface area (TPSA) is 92.7 Å². The molecule has 39 heavy (non-hydrogen) atoms. The summed E-state index contributed by atoms with van der Waals surface area (Å²) in [5.74, 6) is -3.84. The van der Waals surface area contributed by atoms with Crippen molar-refractivity contribution in [2.45, 2.75) is 37.5 Å². The third-order valence-corrected chi connectivity index (χ3v) is 5.42. The van der Waals surface area contributed by atoms with Crippen molar-refractivity contribution in [3.8, 4) is 0 Å². The molecule has 7 nitrogen and oxygen atoms in total. The minimum absolute atomic E-state index is 0.0125. The van der Waals surface area contributed by atoms with E-state index in [0.717, 1.165) is 12.1 Å². The van der Waals surface area contributed by atoms with Crippen molar-refractivity contribution in [2.24, 2.45) is 5.16 Å². The van der Waals surface area contributed by atoms with Gasteiger partial charge in [-0.2, -0.15) is 43.9 Å². The van der Waals surface area contributed by atoms with E-state index in [9.17, 15) is 53.5 Å². The van der Waals surface area contributed by atoms with Crippen molar-refractivity contribution >= 4 is 17.5 Å². The van der Waals surface area contributed by atoms with Crippen molar-refractivity contribution in [1.82, 2.24) is 15.6 Å². The minimum Gasteiger partial charge on any atom is -0.372 e. The second-order valence-corrected chi connectivity index (χ2v) is 8.30. The number of aryl methyl sites for hydroxylation is 1. The highest BCUT2D eigenvalue weighted by Gasteiger charge is 2.64. The molecule has 0 bridgehead atoms. The largest absolute Gasteiger partial charge is 0.437 e. The van der Waals surface area contributed by atoms with Crippen molar-refractivity contribution in [1.29, 1.82) is 0 Å². The molecule has 17 heteroatoms. The number of nitrogens with one attached hydrogen (secondary N) is 2. The molecule has 0 unspecified atom stereocenters. The van der Waals surface area contributed by atoms with Crippen LogP contribution >= 0.6 is 0 Å². The third-order valence-electron chi connectivity index (χ3n) is 5.42. The Balaban J connectivity index is 1.81. The fourth-order valence-corrected chi connectivity index (χ4v) is 3.51. The molecule has 2 N–H and O–H groups in total. The first-order valence-corrected chi connectivity index (χ1v) is 10.6. The second kappa shape index (κ2) is 10.3. The number of pyridine rings is 1. The number of alkyl halides is 9. The predicted molar refractivity (Wildman–Crippen MR) is 112 cm³/mol. The highest BCUT2D eigenvalue weighted by atomic mass is 19.4. The number of hydrogen-bond acceptors (Lipinski definition) is 5. The number of oxime groups is 1. The second-order valence-electron chi connectivity index (χ2n) is 8.30. The molecular weight excluding hydrogens is 558 g/mol. The monoisotopic (exact) mass is 574 g/mol. The summed E-state index contributed by atoms with van der Waals surface area (Å²) in [4.78, 5) is 31.3. The van der Waals surface area contributed by atoms with Crippen LogP contribution in [-0.4, -0.2) is 48.0 Å². The van der Waals surface area contributed by atoms with Crippen LogP contribution in [0, 0.1) is 12.9 Å². The number of halogens is 10. The zero-order valence-electron chi connectivity index (χ0n) is 19.4. The average Bonchev–Trinajstić information content (AvgIpc) is 3.27. The van der Waals surface area contributed by atoms with Crippen LogP contribution in [0.3, 0.4) is 0 Å². The Morgan fingerprint density at radius 3 is 2.23 bits per heavy atom. The molecule has 0 spiro atoms. The number of carbonyl (C=O) groups is 2. The summed E-state index contributed by atoms with van der Waals surface area (Å²) in [6.45, 7) is -1.06. The van der Waals surface area contributed by atoms with Crippen LogP contribution in [0.15, 0.2) is 35.5 Å². The lowest BCUT2D eigenvalue weighted by molar-refractivity contribution is -0.277. The fraction of sp³-hybridized carbons (Fsp3) is 0.364. The van der Waals surface area contributed by atoms with E-state index in [1.807, 2.05) is 0 Å². The Morgan fingerprint density at radius 1 is 1.00 bits per heavy atom. The summed E-state index contributed by atoms with van der Waals surface area (Å²) in [5.41, 5.74) is -7.07. The van der Waals surface area contributed by atoms with Gasteiger partial charge in [0.2, 0.25) is 11.9 Å². The summed E-state index contributed by atoms with van der Waals surface area (Å²) in [6, 6.07) is 3.37. The molecule has 1 aromatic heterocycles. The maximum absolute atomic E-state index is 14.1. The molecule has 2 aromatic rings. The molecule has 1 aliphatic rings. The zero-order valence-corrected chi connectivity index (χ0v) is 19.4. The molecule has 1 aliphatic heterocycles. The number of carbonyl (C=O) groups excluding carboxylic acids is 2. The number of aromatic nitrogens is 1. The number of hydrogen-bond donors (Lipinski definition) is 2. The lowest BCUT2D eigenvalue weighted by Gasteiger charge is -2.28. The van der Waals surface area contributed by atoms with Crippen LogP contribution in [0.25, 0.3) is 0 Å². The zero-order chi connectivity index (χ0) is 29.4. The lowest BCUT2D eigenvalue weighted by Crippen LogP contribution is -2.43. The van der Waals surface area contributed by atoms with Gasteiger partial charge < -0.3 is 15.5 Å². The first kappa shape index (κ1) is 29.6. The van der Waals surface area contributed by atoms with Gasteiger partial charge in [0, 0.05) is 11.6 Å². The van der Waals surface area contributed by atoms with E-state index in [0.29, 0.717) is 0 Å². The van der Waals surface area contributed by atoms with Crippen LogP contribution in [0.4, 0.5) is 43.9 Å². The van der Waals surface area contributed by atoms with Crippen molar-refractivity contribution in [2.75, 3.05) is 13.1 Å². The molecule has 0 aliphatic carbocycles. The third kappa shape index (κ3) is 6.75. The molecule has 0 fully saturated rings. The van der Waals surface area contributed by atoms with Gasteiger partial charge in [-0.25, -0.2) is 4.98 Å². The summed E-state index contributed by atoms with van der Waals surface area (Å²) in [5, 5.41) is 6.98. The van der Waals surface area contributed by atoms with Gasteiger partial charge in [0.1, 0.15) is 12.2 Å². The normalized spacial score (nSPS) is 17.9. The smallest absolute Gasteiger partial charge is 0.372 e. The molecule has 1 aromatic carbocycles. The van der Waals surface area contributed by atoms with E-state index in [1.54, 1.807) is 5.32 Å². The first-order chi connectivity index (χ1) is 17.8. The molecule has 0 saturated heterocycles. The molecule has 1 atom stereocenters. The van der Waals surface area contributed by atoms with Crippen molar-refractivity contribution < 1.29 is 58.3 Å². The standard InChI is InChI=1S/C22H16F10N4O3/c1-10-4-11(2-3-13(10)18(38)33-8-17(37)34-9-20(24,25)26)14-7-19(39-36-14,22(30,31)32)15-5-12(21(27,28)29)6-16(23)35-15/h2-6H,7-9H2,1H3,(H,33,38)(H,34,37)/t19-/m1/s1. The van der Waals surface area contributed by atoms with E-state index >= 15 is 0 Å². The van der Waals surface area contributed by atoms with Gasteiger partial charge in [-0.1, -0.05) is 11.2 Å². The number of amides is 2. The van der Waals surface area contributed by atoms with Crippen LogP contribution in [-0.2, 0) is 21.4 Å². The first-order valence-electron chi connectivity index (χ1n) is 10.6. The highest BCUT2D eigenvalue weighted by molar-refractivity contribution is 6.04. The molecule has 2 amide bonds. The average molecular weight is 574 g/mol. The van der Waals surface area contributed by atoms with Crippen LogP contribution in [0.5, 0.6) is 0 Å². The molecule has 212 valence electrons. The van der Waals surface area contributed by atoms with Gasteiger partial charge in [-0.3, -0.25) is 9.59 Å². The van der Waals surface area contributed by atoms with E-state index in [-0.39, 0.29) is 28.8 Å². The van der Waals surface area contributed by atoms with Crippen molar-refractivity contribution in [3.05, 3.63) is 64.2 Å². The van der Waals surface area contributed by atoms with E-state index < -0.39 is 78.4 Å². The van der Waals surface area contributed by atoms with Gasteiger partial charge in [0.15, 0.2) is 0 Å². The van der Waals surface area contributed by atoms with Gasteiger partial charge in [-0.05, 0) is 36.2 Å². The predicted octanol–water partition coefficient (Wildman–Crippen LogP) is 4.54. The summed E-state index contributed by atoms with van der Waals surface area (Å²) in [6.07, 6.45) is -16.4. The lowest BCUT2D eigenvalue weighted by atomic mass is 9.88. The Kier molecular flexibility index (Phi) is 7.85. The Bertz CT molecular complexity index is 1300. The Morgan fingerprint density at radius 2 is 1.67 bits per heavy atom. The van der Waals surface area contributed by atoms with Crippen LogP contribution in [0.1, 0.15) is 39.2 Å². The van der Waals surface area contributed by atoms with Gasteiger partial charge in [-0.15, -0.1) is 0 Å². The van der Waals surface area contributed by atoms with E-state index in [1.165, 1.54) is 13.0 Å². The van der Waals surface area contributed by atoms with E-state index in [4.69, 9.17) is 0 Å². The summed E-state index contributed by atoms with van der Waals surface area (Å²) in [7, 11) is 0. The van der Waals surface area contributed by atoms with Crippen LogP contribution in [0.2, 0.25) is 0 Å². The number of nitrogens with zero attached hydrogens (tertiary/aromatic N) is 2. The SMILES string of the molecule is Cc1cc(C2=NO[C@](c3cc(C(F)(F)F)cc(F)n3)(C(F)(F)F)C2)ccc1C(=O)NCC(=O)NCC(F)(F)F. The van der Waals surface area contributed by atoms with Crippen molar-refractivity contribution in [3.63, 3.8) is 0 Å². The molecule has 0 radical (unpaired) electrons. The molecule has 3 rings (SSSR count). The Labute approximate surface area is 212 Å².